The summed E-state index contributed by atoms with van der Waals surface area (Å²) in [5.41, 5.74) is 0.232. The van der Waals surface area contributed by atoms with E-state index in [1.165, 1.54) is 11.8 Å². The number of amides is 1. The van der Waals surface area contributed by atoms with Crippen molar-refractivity contribution in [2.75, 3.05) is 13.6 Å². The Morgan fingerprint density at radius 2 is 1.79 bits per heavy atom. The summed E-state index contributed by atoms with van der Waals surface area (Å²) in [5, 5.41) is 0.293. The molecule has 0 saturated carbocycles. The largest absolute Gasteiger partial charge is 0.444 e. The highest BCUT2D eigenvalue weighted by molar-refractivity contribution is 8.14. The average molecular weight is 352 g/mol. The fourth-order valence-electron chi connectivity index (χ4n) is 2.15. The number of benzene rings is 1. The lowest BCUT2D eigenvalue weighted by Gasteiger charge is -2.25. The highest BCUT2D eigenvalue weighted by Gasteiger charge is 2.21. The van der Waals surface area contributed by atoms with Gasteiger partial charge in [-0.2, -0.15) is 0 Å². The van der Waals surface area contributed by atoms with Gasteiger partial charge >= 0.3 is 6.09 Å². The van der Waals surface area contributed by atoms with Gasteiger partial charge in [0.25, 0.3) is 0 Å². The molecule has 24 heavy (non-hydrogen) atoms. The normalized spacial score (nSPS) is 12.5. The first-order valence-corrected chi connectivity index (χ1v) is 9.31. The molecule has 5 heteroatoms. The summed E-state index contributed by atoms with van der Waals surface area (Å²) in [6, 6.07) is 9.33. The van der Waals surface area contributed by atoms with Crippen molar-refractivity contribution in [1.29, 1.82) is 0 Å². The van der Waals surface area contributed by atoms with Crippen molar-refractivity contribution in [3.63, 3.8) is 0 Å². The van der Waals surface area contributed by atoms with E-state index in [1.54, 1.807) is 11.9 Å². The second kappa shape index (κ2) is 9.72. The Morgan fingerprint density at radius 1 is 1.17 bits per heavy atom. The molecule has 0 N–H and O–H groups in total. The SMILES string of the molecule is CCCC(CCN(C)C(=O)OC(C)(C)C)SC(=O)c1ccccc1. The van der Waals surface area contributed by atoms with E-state index in [9.17, 15) is 9.59 Å². The van der Waals surface area contributed by atoms with Gasteiger partial charge in [-0.15, -0.1) is 0 Å². The van der Waals surface area contributed by atoms with E-state index in [4.69, 9.17) is 4.74 Å². The van der Waals surface area contributed by atoms with Crippen LogP contribution in [0.25, 0.3) is 0 Å². The van der Waals surface area contributed by atoms with Crippen molar-refractivity contribution >= 4 is 23.0 Å². The van der Waals surface area contributed by atoms with Gasteiger partial charge in [-0.3, -0.25) is 4.79 Å². The van der Waals surface area contributed by atoms with Crippen molar-refractivity contribution in [2.45, 2.75) is 57.8 Å². The van der Waals surface area contributed by atoms with Crippen LogP contribution in [-0.2, 0) is 4.74 Å². The molecule has 0 radical (unpaired) electrons. The van der Waals surface area contributed by atoms with E-state index in [1.807, 2.05) is 51.1 Å². The Hall–Kier alpha value is -1.49. The number of carbonyl (C=O) groups excluding carboxylic acids is 2. The van der Waals surface area contributed by atoms with Gasteiger partial charge in [-0.25, -0.2) is 4.79 Å². The summed E-state index contributed by atoms with van der Waals surface area (Å²) in [7, 11) is 1.74. The van der Waals surface area contributed by atoms with Gasteiger partial charge in [0, 0.05) is 24.4 Å². The Labute approximate surface area is 149 Å². The summed E-state index contributed by atoms with van der Waals surface area (Å²) in [6.45, 7) is 8.25. The molecular weight excluding hydrogens is 322 g/mol. The number of thioether (sulfide) groups is 1. The van der Waals surface area contributed by atoms with E-state index >= 15 is 0 Å². The summed E-state index contributed by atoms with van der Waals surface area (Å²) in [6.07, 6.45) is 2.41. The third-order valence-electron chi connectivity index (χ3n) is 3.39. The van der Waals surface area contributed by atoms with Crippen LogP contribution in [0.4, 0.5) is 4.79 Å². The first-order valence-electron chi connectivity index (χ1n) is 8.43. The smallest absolute Gasteiger partial charge is 0.410 e. The van der Waals surface area contributed by atoms with Gasteiger partial charge < -0.3 is 9.64 Å². The Morgan fingerprint density at radius 3 is 2.33 bits per heavy atom. The molecule has 1 aromatic rings. The predicted molar refractivity (Wildman–Crippen MR) is 101 cm³/mol. The summed E-state index contributed by atoms with van der Waals surface area (Å²) in [4.78, 5) is 25.9. The third-order valence-corrected chi connectivity index (χ3v) is 4.64. The van der Waals surface area contributed by atoms with Crippen LogP contribution < -0.4 is 0 Å². The minimum Gasteiger partial charge on any atom is -0.444 e. The van der Waals surface area contributed by atoms with Gasteiger partial charge in [0.05, 0.1) is 0 Å². The molecule has 0 saturated heterocycles. The fourth-order valence-corrected chi connectivity index (χ4v) is 3.30. The van der Waals surface area contributed by atoms with Crippen molar-refractivity contribution < 1.29 is 14.3 Å². The van der Waals surface area contributed by atoms with Crippen LogP contribution in [0.1, 0.15) is 57.3 Å². The van der Waals surface area contributed by atoms with Crippen molar-refractivity contribution in [3.05, 3.63) is 35.9 Å². The number of rotatable bonds is 7. The highest BCUT2D eigenvalue weighted by atomic mass is 32.2. The van der Waals surface area contributed by atoms with Crippen molar-refractivity contribution in [3.8, 4) is 0 Å². The second-order valence-corrected chi connectivity index (χ2v) is 8.15. The first-order chi connectivity index (χ1) is 11.2. The zero-order valence-corrected chi connectivity index (χ0v) is 16.2. The van der Waals surface area contributed by atoms with Gasteiger partial charge in [0.2, 0.25) is 5.12 Å². The third kappa shape index (κ3) is 7.86. The quantitative estimate of drug-likeness (QED) is 0.694. The molecular formula is C19H29NO3S. The maximum Gasteiger partial charge on any atom is 0.410 e. The van der Waals surface area contributed by atoms with Crippen LogP contribution >= 0.6 is 11.8 Å². The minimum atomic E-state index is -0.494. The lowest BCUT2D eigenvalue weighted by atomic mass is 10.2. The topological polar surface area (TPSA) is 46.6 Å². The van der Waals surface area contributed by atoms with Gasteiger partial charge in [0.15, 0.2) is 0 Å². The molecule has 0 heterocycles. The molecule has 1 rings (SSSR count). The molecule has 1 amide bonds. The first kappa shape index (κ1) is 20.6. The summed E-state index contributed by atoms with van der Waals surface area (Å²) in [5.74, 6) is 0. The van der Waals surface area contributed by atoms with Gasteiger partial charge in [-0.05, 0) is 33.6 Å². The maximum absolute atomic E-state index is 12.4. The lowest BCUT2D eigenvalue weighted by molar-refractivity contribution is 0.0297. The lowest BCUT2D eigenvalue weighted by Crippen LogP contribution is -2.35. The Bertz CT molecular complexity index is 525. The summed E-state index contributed by atoms with van der Waals surface area (Å²) < 4.78 is 5.36. The van der Waals surface area contributed by atoms with E-state index in [0.717, 1.165) is 24.8 Å². The van der Waals surface area contributed by atoms with Gasteiger partial charge in [0.1, 0.15) is 5.60 Å². The highest BCUT2D eigenvalue weighted by Crippen LogP contribution is 2.24. The van der Waals surface area contributed by atoms with E-state index in [2.05, 4.69) is 6.92 Å². The number of ether oxygens (including phenoxy) is 1. The predicted octanol–water partition coefficient (Wildman–Crippen LogP) is 4.99. The average Bonchev–Trinajstić information content (AvgIpc) is 2.51. The Kier molecular flexibility index (Phi) is 8.32. The molecule has 0 aliphatic heterocycles. The minimum absolute atomic E-state index is 0.0916. The van der Waals surface area contributed by atoms with Crippen LogP contribution in [0.15, 0.2) is 30.3 Å². The van der Waals surface area contributed by atoms with E-state index in [0.29, 0.717) is 6.54 Å². The molecule has 0 aliphatic rings. The van der Waals surface area contributed by atoms with Crippen LogP contribution in [0.3, 0.4) is 0 Å². The molecule has 0 spiro atoms. The molecule has 1 unspecified atom stereocenters. The molecule has 4 nitrogen and oxygen atoms in total. The van der Waals surface area contributed by atoms with Crippen molar-refractivity contribution in [1.82, 2.24) is 4.90 Å². The monoisotopic (exact) mass is 351 g/mol. The van der Waals surface area contributed by atoms with Crippen molar-refractivity contribution in [2.24, 2.45) is 0 Å². The number of hydrogen-bond donors (Lipinski definition) is 0. The second-order valence-electron chi connectivity index (χ2n) is 6.87. The zero-order chi connectivity index (χ0) is 18.2. The van der Waals surface area contributed by atoms with Crippen LogP contribution in [0, 0.1) is 0 Å². The molecule has 0 aliphatic carbocycles. The molecule has 0 fully saturated rings. The number of hydrogen-bond acceptors (Lipinski definition) is 4. The number of carbonyl (C=O) groups is 2. The van der Waals surface area contributed by atoms with Gasteiger partial charge in [-0.1, -0.05) is 55.4 Å². The van der Waals surface area contributed by atoms with Crippen LogP contribution in [0.5, 0.6) is 0 Å². The molecule has 1 atom stereocenters. The standard InChI is InChI=1S/C19H29NO3S/c1-6-10-16(24-17(21)15-11-8-7-9-12-15)13-14-20(5)18(22)23-19(2,3)4/h7-9,11-12,16H,6,10,13-14H2,1-5H3. The Balaban J connectivity index is 2.54. The summed E-state index contributed by atoms with van der Waals surface area (Å²) >= 11 is 1.37. The fraction of sp³-hybridized carbons (Fsp3) is 0.579. The maximum atomic E-state index is 12.4. The van der Waals surface area contributed by atoms with Crippen LogP contribution in [-0.4, -0.2) is 40.6 Å². The van der Waals surface area contributed by atoms with Crippen LogP contribution in [0.2, 0.25) is 0 Å². The van der Waals surface area contributed by atoms with E-state index in [-0.39, 0.29) is 16.5 Å². The molecule has 1 aromatic carbocycles. The zero-order valence-electron chi connectivity index (χ0n) is 15.4. The molecule has 0 aromatic heterocycles. The molecule has 134 valence electrons. The number of nitrogens with zero attached hydrogens (tertiary/aromatic N) is 1. The molecule has 0 bridgehead atoms. The van der Waals surface area contributed by atoms with E-state index < -0.39 is 5.60 Å².